The van der Waals surface area contributed by atoms with E-state index in [0.29, 0.717) is 22.7 Å². The van der Waals surface area contributed by atoms with Crippen LogP contribution >= 0.6 is 0 Å². The van der Waals surface area contributed by atoms with Crippen molar-refractivity contribution < 1.29 is 27.4 Å². The zero-order valence-electron chi connectivity index (χ0n) is 16.5. The van der Waals surface area contributed by atoms with Crippen molar-refractivity contribution in [1.29, 1.82) is 0 Å². The van der Waals surface area contributed by atoms with E-state index in [1.165, 1.54) is 50.7 Å². The first-order valence-corrected chi connectivity index (χ1v) is 9.79. The molecule has 0 aliphatic carbocycles. The minimum absolute atomic E-state index is 0.0495. The molecule has 2 aromatic rings. The molecule has 0 aromatic heterocycles. The standard InChI is InChI=1S/C19H24N2O6S/c1-13(22)20-17-9-8-16(11-19(17)27-5)28(23,24)21(2)12-14-6-7-15(25-3)10-18(14)26-4/h6-11H,12H2,1-5H3,(H,20,22). The lowest BCUT2D eigenvalue weighted by atomic mass is 10.2. The Kier molecular flexibility index (Phi) is 6.87. The Morgan fingerprint density at radius 1 is 1.00 bits per heavy atom. The number of amides is 1. The van der Waals surface area contributed by atoms with E-state index in [4.69, 9.17) is 14.2 Å². The highest BCUT2D eigenvalue weighted by Gasteiger charge is 2.24. The molecule has 0 fully saturated rings. The Morgan fingerprint density at radius 2 is 1.68 bits per heavy atom. The Labute approximate surface area is 165 Å². The number of benzene rings is 2. The molecule has 0 bridgehead atoms. The van der Waals surface area contributed by atoms with E-state index >= 15 is 0 Å². The molecule has 2 aromatic carbocycles. The van der Waals surface area contributed by atoms with Gasteiger partial charge < -0.3 is 19.5 Å². The number of methoxy groups -OCH3 is 3. The summed E-state index contributed by atoms with van der Waals surface area (Å²) >= 11 is 0. The molecule has 152 valence electrons. The van der Waals surface area contributed by atoms with Gasteiger partial charge in [-0.05, 0) is 18.2 Å². The number of hydrogen-bond acceptors (Lipinski definition) is 6. The highest BCUT2D eigenvalue weighted by molar-refractivity contribution is 7.89. The fourth-order valence-electron chi connectivity index (χ4n) is 2.61. The van der Waals surface area contributed by atoms with Crippen LogP contribution < -0.4 is 19.5 Å². The number of carbonyl (C=O) groups excluding carboxylic acids is 1. The molecule has 8 nitrogen and oxygen atoms in total. The summed E-state index contributed by atoms with van der Waals surface area (Å²) in [7, 11) is 2.14. The van der Waals surface area contributed by atoms with Gasteiger partial charge in [-0.25, -0.2) is 8.42 Å². The second kappa shape index (κ2) is 8.94. The van der Waals surface area contributed by atoms with Gasteiger partial charge in [-0.3, -0.25) is 4.79 Å². The molecule has 2 rings (SSSR count). The lowest BCUT2D eigenvalue weighted by molar-refractivity contribution is -0.114. The van der Waals surface area contributed by atoms with E-state index in [0.717, 1.165) is 0 Å². The molecule has 28 heavy (non-hydrogen) atoms. The van der Waals surface area contributed by atoms with E-state index in [-0.39, 0.29) is 23.1 Å². The number of nitrogens with one attached hydrogen (secondary N) is 1. The second-order valence-corrected chi connectivity index (χ2v) is 8.03. The molecular weight excluding hydrogens is 384 g/mol. The molecule has 0 aliphatic rings. The largest absolute Gasteiger partial charge is 0.497 e. The Bertz CT molecular complexity index is 959. The summed E-state index contributed by atoms with van der Waals surface area (Å²) in [6, 6.07) is 9.48. The average Bonchev–Trinajstić information content (AvgIpc) is 2.67. The summed E-state index contributed by atoms with van der Waals surface area (Å²) in [5.41, 5.74) is 1.09. The summed E-state index contributed by atoms with van der Waals surface area (Å²) in [5, 5.41) is 2.60. The van der Waals surface area contributed by atoms with Crippen LogP contribution in [0.3, 0.4) is 0 Å². The van der Waals surface area contributed by atoms with E-state index < -0.39 is 10.0 Å². The Hall–Kier alpha value is -2.78. The van der Waals surface area contributed by atoms with E-state index in [1.54, 1.807) is 25.3 Å². The van der Waals surface area contributed by atoms with Gasteiger partial charge in [-0.15, -0.1) is 0 Å². The summed E-state index contributed by atoms with van der Waals surface area (Å²) < 4.78 is 42.9. The van der Waals surface area contributed by atoms with Gasteiger partial charge in [0.2, 0.25) is 15.9 Å². The fraction of sp³-hybridized carbons (Fsp3) is 0.316. The second-order valence-electron chi connectivity index (χ2n) is 5.98. The molecular formula is C19H24N2O6S. The maximum atomic E-state index is 13.0. The number of rotatable bonds is 8. The predicted molar refractivity (Wildman–Crippen MR) is 105 cm³/mol. The SMILES string of the molecule is COc1ccc(CN(C)S(=O)(=O)c2ccc(NC(C)=O)c(OC)c2)c(OC)c1. The summed E-state index contributed by atoms with van der Waals surface area (Å²) in [6.07, 6.45) is 0. The normalized spacial score (nSPS) is 11.2. The molecule has 0 saturated heterocycles. The van der Waals surface area contributed by atoms with Crippen LogP contribution in [0.2, 0.25) is 0 Å². The number of carbonyl (C=O) groups is 1. The quantitative estimate of drug-likeness (QED) is 0.721. The molecule has 0 atom stereocenters. The first-order chi connectivity index (χ1) is 13.2. The van der Waals surface area contributed by atoms with Gasteiger partial charge in [-0.1, -0.05) is 6.07 Å². The molecule has 0 saturated carbocycles. The van der Waals surface area contributed by atoms with Gasteiger partial charge in [0, 0.05) is 38.2 Å². The highest BCUT2D eigenvalue weighted by Crippen LogP contribution is 2.31. The lowest BCUT2D eigenvalue weighted by Crippen LogP contribution is -2.26. The lowest BCUT2D eigenvalue weighted by Gasteiger charge is -2.20. The van der Waals surface area contributed by atoms with Gasteiger partial charge in [0.1, 0.15) is 17.2 Å². The summed E-state index contributed by atoms with van der Waals surface area (Å²) in [4.78, 5) is 11.3. The van der Waals surface area contributed by atoms with Gasteiger partial charge in [0.05, 0.1) is 31.9 Å². The van der Waals surface area contributed by atoms with Crippen LogP contribution in [0.4, 0.5) is 5.69 Å². The van der Waals surface area contributed by atoms with Crippen LogP contribution in [0.1, 0.15) is 12.5 Å². The van der Waals surface area contributed by atoms with Crippen LogP contribution in [-0.4, -0.2) is 47.0 Å². The van der Waals surface area contributed by atoms with Crippen LogP contribution in [0.15, 0.2) is 41.3 Å². The molecule has 1 N–H and O–H groups in total. The molecule has 0 radical (unpaired) electrons. The van der Waals surface area contributed by atoms with Crippen LogP contribution in [0.25, 0.3) is 0 Å². The van der Waals surface area contributed by atoms with Crippen molar-refractivity contribution >= 4 is 21.6 Å². The summed E-state index contributed by atoms with van der Waals surface area (Å²) in [6.45, 7) is 1.46. The van der Waals surface area contributed by atoms with E-state index in [1.807, 2.05) is 0 Å². The first kappa shape index (κ1) is 21.5. The minimum Gasteiger partial charge on any atom is -0.497 e. The maximum absolute atomic E-state index is 13.0. The van der Waals surface area contributed by atoms with Crippen molar-refractivity contribution in [2.24, 2.45) is 0 Å². The summed E-state index contributed by atoms with van der Waals surface area (Å²) in [5.74, 6) is 1.12. The monoisotopic (exact) mass is 408 g/mol. The maximum Gasteiger partial charge on any atom is 0.243 e. The third-order valence-electron chi connectivity index (χ3n) is 4.08. The zero-order valence-corrected chi connectivity index (χ0v) is 17.3. The third kappa shape index (κ3) is 4.73. The number of ether oxygens (including phenoxy) is 3. The van der Waals surface area contributed by atoms with E-state index in [2.05, 4.69) is 5.32 Å². The number of sulfonamides is 1. The Balaban J connectivity index is 2.32. The van der Waals surface area contributed by atoms with Crippen molar-refractivity contribution in [2.45, 2.75) is 18.4 Å². The van der Waals surface area contributed by atoms with Crippen LogP contribution in [0, 0.1) is 0 Å². The van der Waals surface area contributed by atoms with Crippen molar-refractivity contribution in [3.05, 3.63) is 42.0 Å². The van der Waals surface area contributed by atoms with Crippen molar-refractivity contribution in [2.75, 3.05) is 33.7 Å². The minimum atomic E-state index is -3.80. The number of nitrogens with zero attached hydrogens (tertiary/aromatic N) is 1. The number of hydrogen-bond donors (Lipinski definition) is 1. The molecule has 9 heteroatoms. The predicted octanol–water partition coefficient (Wildman–Crippen LogP) is 2.49. The van der Waals surface area contributed by atoms with Crippen molar-refractivity contribution in [3.63, 3.8) is 0 Å². The molecule has 0 unspecified atom stereocenters. The van der Waals surface area contributed by atoms with Crippen molar-refractivity contribution in [1.82, 2.24) is 4.31 Å². The van der Waals surface area contributed by atoms with Crippen LogP contribution in [0.5, 0.6) is 17.2 Å². The van der Waals surface area contributed by atoms with Gasteiger partial charge in [0.25, 0.3) is 0 Å². The number of anilines is 1. The first-order valence-electron chi connectivity index (χ1n) is 8.35. The van der Waals surface area contributed by atoms with Crippen LogP contribution in [-0.2, 0) is 21.4 Å². The van der Waals surface area contributed by atoms with Gasteiger partial charge in [-0.2, -0.15) is 4.31 Å². The van der Waals surface area contributed by atoms with Gasteiger partial charge >= 0.3 is 0 Å². The third-order valence-corrected chi connectivity index (χ3v) is 5.88. The average molecular weight is 408 g/mol. The molecule has 0 heterocycles. The van der Waals surface area contributed by atoms with Crippen molar-refractivity contribution in [3.8, 4) is 17.2 Å². The fourth-order valence-corrected chi connectivity index (χ4v) is 3.78. The molecule has 0 spiro atoms. The Morgan fingerprint density at radius 3 is 2.25 bits per heavy atom. The smallest absolute Gasteiger partial charge is 0.243 e. The molecule has 1 amide bonds. The highest BCUT2D eigenvalue weighted by atomic mass is 32.2. The zero-order chi connectivity index (χ0) is 20.9. The molecule has 0 aliphatic heterocycles. The topological polar surface area (TPSA) is 94.2 Å². The van der Waals surface area contributed by atoms with Gasteiger partial charge in [0.15, 0.2) is 0 Å². The van der Waals surface area contributed by atoms with E-state index in [9.17, 15) is 13.2 Å².